The second-order valence-corrected chi connectivity index (χ2v) is 9.80. The van der Waals surface area contributed by atoms with Crippen LogP contribution in [-0.2, 0) is 9.59 Å². The van der Waals surface area contributed by atoms with Gasteiger partial charge in [-0.3, -0.25) is 29.5 Å². The van der Waals surface area contributed by atoms with E-state index in [9.17, 15) is 19.7 Å². The van der Waals surface area contributed by atoms with Crippen LogP contribution in [0.25, 0.3) is 6.08 Å². The highest BCUT2D eigenvalue weighted by atomic mass is 32.1. The van der Waals surface area contributed by atoms with E-state index >= 15 is 0 Å². The molecule has 0 unspecified atom stereocenters. The molecule has 1 N–H and O–H groups in total. The fourth-order valence-electron chi connectivity index (χ4n) is 4.90. The largest absolute Gasteiger partial charge is 0.368 e. The molecule has 0 atom stereocenters. The smallest absolute Gasteiger partial charge is 0.270 e. The highest BCUT2D eigenvalue weighted by molar-refractivity contribution is 7.81. The minimum Gasteiger partial charge on any atom is -0.368 e. The lowest BCUT2D eigenvalue weighted by molar-refractivity contribution is -0.384. The normalized spacial score (nSPS) is 16.1. The first-order valence-corrected chi connectivity index (χ1v) is 13.0. The number of nitrogens with zero attached hydrogens (tertiary/aromatic N) is 4. The number of nitro benzene ring substituents is 1. The number of aryl methyl sites for hydroxylation is 2. The molecule has 10 heteroatoms. The SMILES string of the molecule is Cc1ccccc1N1C(=O)C(=Cc2cc([N+](=O)[O-])ccc2N2CCNCC2)C(=O)N(c2ccccc2C)C1=S. The Morgan fingerprint density at radius 1 is 0.846 bits per heavy atom. The van der Waals surface area contributed by atoms with Crippen LogP contribution >= 0.6 is 12.2 Å². The second kappa shape index (κ2) is 10.8. The Kier molecular flexibility index (Phi) is 7.23. The van der Waals surface area contributed by atoms with Gasteiger partial charge in [0.05, 0.1) is 16.3 Å². The van der Waals surface area contributed by atoms with Gasteiger partial charge in [-0.25, -0.2) is 0 Å². The van der Waals surface area contributed by atoms with Gasteiger partial charge in [0.15, 0.2) is 5.11 Å². The van der Waals surface area contributed by atoms with Crippen molar-refractivity contribution in [2.24, 2.45) is 0 Å². The van der Waals surface area contributed by atoms with Crippen molar-refractivity contribution in [2.45, 2.75) is 13.8 Å². The van der Waals surface area contributed by atoms with Crippen molar-refractivity contribution in [1.29, 1.82) is 0 Å². The summed E-state index contributed by atoms with van der Waals surface area (Å²) in [6, 6.07) is 19.2. The Morgan fingerprint density at radius 2 is 1.38 bits per heavy atom. The summed E-state index contributed by atoms with van der Waals surface area (Å²) in [7, 11) is 0. The molecule has 2 saturated heterocycles. The van der Waals surface area contributed by atoms with Gasteiger partial charge in [0.2, 0.25) is 0 Å². The number of nitrogens with one attached hydrogen (secondary N) is 1. The number of piperazine rings is 1. The first-order valence-electron chi connectivity index (χ1n) is 12.6. The summed E-state index contributed by atoms with van der Waals surface area (Å²) in [5.74, 6) is -1.16. The first kappa shape index (κ1) is 26.2. The van der Waals surface area contributed by atoms with E-state index in [0.717, 1.165) is 24.2 Å². The van der Waals surface area contributed by atoms with Crippen LogP contribution < -0.4 is 20.0 Å². The number of carbonyl (C=O) groups excluding carboxylic acids is 2. The Labute approximate surface area is 231 Å². The number of anilines is 3. The average Bonchev–Trinajstić information content (AvgIpc) is 2.93. The summed E-state index contributed by atoms with van der Waals surface area (Å²) >= 11 is 5.77. The van der Waals surface area contributed by atoms with E-state index in [1.807, 2.05) is 38.1 Å². The fraction of sp³-hybridized carbons (Fsp3) is 0.207. The zero-order chi connectivity index (χ0) is 27.7. The van der Waals surface area contributed by atoms with Crippen LogP contribution in [0.15, 0.2) is 72.3 Å². The van der Waals surface area contributed by atoms with Crippen molar-refractivity contribution in [3.8, 4) is 0 Å². The van der Waals surface area contributed by atoms with Gasteiger partial charge in [0, 0.05) is 49.6 Å². The lowest BCUT2D eigenvalue weighted by Crippen LogP contribution is -2.57. The number of para-hydroxylation sites is 2. The lowest BCUT2D eigenvalue weighted by atomic mass is 10.0. The highest BCUT2D eigenvalue weighted by Gasteiger charge is 2.42. The maximum absolute atomic E-state index is 14.0. The molecule has 0 aromatic heterocycles. The van der Waals surface area contributed by atoms with Crippen molar-refractivity contribution < 1.29 is 14.5 Å². The van der Waals surface area contributed by atoms with E-state index in [0.29, 0.717) is 35.7 Å². The maximum Gasteiger partial charge on any atom is 0.270 e. The number of nitro groups is 1. The lowest BCUT2D eigenvalue weighted by Gasteiger charge is -2.38. The molecular formula is C29H27N5O4S. The van der Waals surface area contributed by atoms with Crippen LogP contribution in [0.3, 0.4) is 0 Å². The third-order valence-corrected chi connectivity index (χ3v) is 7.31. The van der Waals surface area contributed by atoms with E-state index < -0.39 is 16.7 Å². The van der Waals surface area contributed by atoms with Gasteiger partial charge >= 0.3 is 0 Å². The Balaban J connectivity index is 1.71. The summed E-state index contributed by atoms with van der Waals surface area (Å²) in [6.45, 7) is 6.61. The Bertz CT molecular complexity index is 1460. The van der Waals surface area contributed by atoms with Crippen molar-refractivity contribution in [3.05, 3.63) is 99.1 Å². The summed E-state index contributed by atoms with van der Waals surface area (Å²) in [5, 5.41) is 15.0. The summed E-state index contributed by atoms with van der Waals surface area (Å²) in [4.78, 5) is 44.1. The molecule has 2 aliphatic heterocycles. The third-order valence-electron chi connectivity index (χ3n) is 6.94. The van der Waals surface area contributed by atoms with Crippen LogP contribution in [0, 0.1) is 24.0 Å². The van der Waals surface area contributed by atoms with Gasteiger partial charge in [0.1, 0.15) is 5.57 Å². The minimum absolute atomic E-state index is 0.0483. The molecule has 0 bridgehead atoms. The van der Waals surface area contributed by atoms with Crippen LogP contribution in [0.1, 0.15) is 16.7 Å². The quantitative estimate of drug-likeness (QED) is 0.168. The number of non-ortho nitro benzene ring substituents is 1. The number of benzene rings is 3. The molecule has 0 radical (unpaired) electrons. The topological polar surface area (TPSA) is 99.0 Å². The van der Waals surface area contributed by atoms with E-state index in [1.165, 1.54) is 28.0 Å². The predicted octanol–water partition coefficient (Wildman–Crippen LogP) is 4.37. The summed E-state index contributed by atoms with van der Waals surface area (Å²) < 4.78 is 0. The molecule has 2 heterocycles. The van der Waals surface area contributed by atoms with Gasteiger partial charge in [-0.2, -0.15) is 0 Å². The summed E-state index contributed by atoms with van der Waals surface area (Å²) in [5.41, 5.74) is 3.62. The predicted molar refractivity (Wildman–Crippen MR) is 156 cm³/mol. The molecule has 2 amide bonds. The van der Waals surface area contributed by atoms with Crippen LogP contribution in [0.4, 0.5) is 22.7 Å². The van der Waals surface area contributed by atoms with Gasteiger partial charge in [-0.15, -0.1) is 0 Å². The van der Waals surface area contributed by atoms with E-state index in [1.54, 1.807) is 30.3 Å². The minimum atomic E-state index is -0.582. The Morgan fingerprint density at radius 3 is 1.90 bits per heavy atom. The van der Waals surface area contributed by atoms with Crippen molar-refractivity contribution >= 4 is 58.0 Å². The number of amides is 2. The average molecular weight is 542 g/mol. The van der Waals surface area contributed by atoms with Gasteiger partial charge in [-0.1, -0.05) is 36.4 Å². The van der Waals surface area contributed by atoms with Gasteiger partial charge in [0.25, 0.3) is 17.5 Å². The molecule has 198 valence electrons. The maximum atomic E-state index is 14.0. The molecule has 5 rings (SSSR count). The van der Waals surface area contributed by atoms with Gasteiger partial charge in [-0.05, 0) is 61.5 Å². The number of carbonyl (C=O) groups is 2. The van der Waals surface area contributed by atoms with E-state index in [-0.39, 0.29) is 16.4 Å². The molecule has 0 aliphatic carbocycles. The molecule has 3 aromatic carbocycles. The third kappa shape index (κ3) is 4.91. The fourth-order valence-corrected chi connectivity index (χ4v) is 5.27. The molecule has 3 aromatic rings. The molecule has 2 aliphatic rings. The monoisotopic (exact) mass is 541 g/mol. The molecule has 0 saturated carbocycles. The van der Waals surface area contributed by atoms with Gasteiger partial charge < -0.3 is 10.2 Å². The molecule has 2 fully saturated rings. The second-order valence-electron chi connectivity index (χ2n) is 9.43. The van der Waals surface area contributed by atoms with Crippen molar-refractivity contribution in [2.75, 3.05) is 40.9 Å². The highest BCUT2D eigenvalue weighted by Crippen LogP contribution is 2.35. The zero-order valence-electron chi connectivity index (χ0n) is 21.6. The molecule has 39 heavy (non-hydrogen) atoms. The number of thiocarbonyl (C=S) groups is 1. The van der Waals surface area contributed by atoms with E-state index in [4.69, 9.17) is 12.2 Å². The number of hydrogen-bond donors (Lipinski definition) is 1. The Hall–Kier alpha value is -4.41. The van der Waals surface area contributed by atoms with Crippen molar-refractivity contribution in [1.82, 2.24) is 5.32 Å². The van der Waals surface area contributed by atoms with Crippen molar-refractivity contribution in [3.63, 3.8) is 0 Å². The number of hydrogen-bond acceptors (Lipinski definition) is 7. The first-order chi connectivity index (χ1) is 18.8. The zero-order valence-corrected chi connectivity index (χ0v) is 22.4. The number of rotatable bonds is 5. The van der Waals surface area contributed by atoms with Crippen LogP contribution in [-0.4, -0.2) is 48.0 Å². The standard InChI is InChI=1S/C29H27N5O4S/c1-19-7-3-5-9-24(19)32-27(35)23(28(36)33(29(32)39)25-10-6-4-8-20(25)2)18-21-17-22(34(37)38)11-12-26(21)31-15-13-30-14-16-31/h3-12,17-18,30H,13-16H2,1-2H3. The summed E-state index contributed by atoms with van der Waals surface area (Å²) in [6.07, 6.45) is 1.47. The molecule has 0 spiro atoms. The van der Waals surface area contributed by atoms with Crippen LogP contribution in [0.2, 0.25) is 0 Å². The van der Waals surface area contributed by atoms with E-state index in [2.05, 4.69) is 10.2 Å². The molecular weight excluding hydrogens is 514 g/mol. The van der Waals surface area contributed by atoms with Crippen LogP contribution in [0.5, 0.6) is 0 Å². The molecule has 9 nitrogen and oxygen atoms in total.